The number of benzene rings is 1. The third kappa shape index (κ3) is 2.83. The van der Waals surface area contributed by atoms with E-state index in [4.69, 9.17) is 0 Å². The van der Waals surface area contributed by atoms with Gasteiger partial charge >= 0.3 is 0 Å². The van der Waals surface area contributed by atoms with Crippen molar-refractivity contribution in [1.29, 1.82) is 0 Å². The van der Waals surface area contributed by atoms with Gasteiger partial charge in [-0.25, -0.2) is 0 Å². The molecule has 0 saturated heterocycles. The van der Waals surface area contributed by atoms with Gasteiger partial charge in [-0.2, -0.15) is 0 Å². The molecule has 3 rings (SSSR count). The summed E-state index contributed by atoms with van der Waals surface area (Å²) >= 11 is 3.42. The van der Waals surface area contributed by atoms with E-state index in [1.807, 2.05) is 38.4 Å². The monoisotopic (exact) mass is 342 g/mol. The lowest BCUT2D eigenvalue weighted by atomic mass is 10.2. The number of halogens is 1. The molecule has 0 aliphatic carbocycles. The Morgan fingerprint density at radius 2 is 1.86 bits per heavy atom. The highest BCUT2D eigenvalue weighted by molar-refractivity contribution is 9.10. The predicted molar refractivity (Wildman–Crippen MR) is 91.3 cm³/mol. The molecule has 5 heteroatoms. The number of pyridine rings is 2. The van der Waals surface area contributed by atoms with Gasteiger partial charge in [-0.1, -0.05) is 12.1 Å². The molecule has 0 radical (unpaired) electrons. The minimum absolute atomic E-state index is 0.856. The molecule has 0 saturated carbocycles. The van der Waals surface area contributed by atoms with Crippen LogP contribution < -0.4 is 10.2 Å². The molecule has 106 valence electrons. The van der Waals surface area contributed by atoms with Crippen LogP contribution in [0.15, 0.2) is 53.3 Å². The van der Waals surface area contributed by atoms with Crippen molar-refractivity contribution in [1.82, 2.24) is 9.97 Å². The van der Waals surface area contributed by atoms with Crippen molar-refractivity contribution in [2.75, 3.05) is 24.3 Å². The highest BCUT2D eigenvalue weighted by atomic mass is 79.9. The Morgan fingerprint density at radius 3 is 2.67 bits per heavy atom. The summed E-state index contributed by atoms with van der Waals surface area (Å²) in [6.07, 6.45) is 3.57. The molecule has 1 aromatic carbocycles. The second-order valence-corrected chi connectivity index (χ2v) is 5.83. The summed E-state index contributed by atoms with van der Waals surface area (Å²) < 4.78 is 0.924. The summed E-state index contributed by atoms with van der Waals surface area (Å²) in [5, 5.41) is 3.46. The van der Waals surface area contributed by atoms with Crippen LogP contribution in [-0.2, 0) is 0 Å². The zero-order valence-electron chi connectivity index (χ0n) is 11.8. The van der Waals surface area contributed by atoms with Crippen molar-refractivity contribution in [3.05, 3.63) is 53.3 Å². The molecule has 21 heavy (non-hydrogen) atoms. The van der Waals surface area contributed by atoms with Crippen molar-refractivity contribution in [3.8, 4) is 0 Å². The summed E-state index contributed by atoms with van der Waals surface area (Å²) in [4.78, 5) is 10.9. The van der Waals surface area contributed by atoms with Gasteiger partial charge in [0, 0.05) is 31.0 Å². The highest BCUT2D eigenvalue weighted by Crippen LogP contribution is 2.30. The second kappa shape index (κ2) is 5.69. The molecule has 0 bridgehead atoms. The van der Waals surface area contributed by atoms with Gasteiger partial charge in [-0.3, -0.25) is 9.97 Å². The average molecular weight is 343 g/mol. The number of aromatic nitrogens is 2. The van der Waals surface area contributed by atoms with Crippen LogP contribution >= 0.6 is 15.9 Å². The van der Waals surface area contributed by atoms with Gasteiger partial charge in [0.15, 0.2) is 0 Å². The fourth-order valence-electron chi connectivity index (χ4n) is 2.22. The molecule has 0 aliphatic heterocycles. The van der Waals surface area contributed by atoms with Crippen LogP contribution in [0.1, 0.15) is 0 Å². The lowest BCUT2D eigenvalue weighted by Crippen LogP contribution is -2.10. The van der Waals surface area contributed by atoms with E-state index in [9.17, 15) is 0 Å². The van der Waals surface area contributed by atoms with Crippen molar-refractivity contribution in [2.45, 2.75) is 0 Å². The normalized spacial score (nSPS) is 10.6. The quantitative estimate of drug-likeness (QED) is 0.774. The lowest BCUT2D eigenvalue weighted by molar-refractivity contribution is 1.13. The molecule has 1 N–H and O–H groups in total. The third-order valence-electron chi connectivity index (χ3n) is 3.20. The Balaban J connectivity index is 2.07. The van der Waals surface area contributed by atoms with Crippen LogP contribution in [0.5, 0.6) is 0 Å². The first-order valence-corrected chi connectivity index (χ1v) is 7.38. The number of hydrogen-bond acceptors (Lipinski definition) is 4. The van der Waals surface area contributed by atoms with Crippen LogP contribution in [0.4, 0.5) is 17.1 Å². The Kier molecular flexibility index (Phi) is 3.75. The molecule has 3 aromatic rings. The first-order valence-electron chi connectivity index (χ1n) is 6.59. The molecule has 0 amide bonds. The minimum Gasteiger partial charge on any atom is -0.376 e. The van der Waals surface area contributed by atoms with Crippen LogP contribution in [0.25, 0.3) is 11.0 Å². The molecule has 4 nitrogen and oxygen atoms in total. The van der Waals surface area contributed by atoms with Gasteiger partial charge in [0.05, 0.1) is 22.6 Å². The Hall–Kier alpha value is -2.14. The van der Waals surface area contributed by atoms with Crippen LogP contribution in [-0.4, -0.2) is 24.1 Å². The SMILES string of the molecule is CN(C)c1ccccc1Nc1ccnc2cc(Br)cnc12. The first kappa shape index (κ1) is 13.8. The summed E-state index contributed by atoms with van der Waals surface area (Å²) in [5.41, 5.74) is 4.83. The van der Waals surface area contributed by atoms with E-state index in [2.05, 4.69) is 48.2 Å². The van der Waals surface area contributed by atoms with Gasteiger partial charge in [0.2, 0.25) is 0 Å². The standard InChI is InChI=1S/C16H15BrN4/c1-21(2)15-6-4-3-5-12(15)20-13-7-8-18-14-9-11(17)10-19-16(13)14/h3-10H,1-2H3,(H,18,20). The smallest absolute Gasteiger partial charge is 0.112 e. The van der Waals surface area contributed by atoms with Crippen LogP contribution in [0.3, 0.4) is 0 Å². The molecule has 0 spiro atoms. The summed E-state index contributed by atoms with van der Waals surface area (Å²) in [6.45, 7) is 0. The molecular weight excluding hydrogens is 328 g/mol. The Labute approximate surface area is 132 Å². The first-order chi connectivity index (χ1) is 10.1. The highest BCUT2D eigenvalue weighted by Gasteiger charge is 2.08. The lowest BCUT2D eigenvalue weighted by Gasteiger charge is -2.18. The summed E-state index contributed by atoms with van der Waals surface area (Å²) in [6, 6.07) is 12.1. The minimum atomic E-state index is 0.856. The van der Waals surface area contributed by atoms with Crippen LogP contribution in [0.2, 0.25) is 0 Å². The van der Waals surface area contributed by atoms with Crippen molar-refractivity contribution in [2.24, 2.45) is 0 Å². The topological polar surface area (TPSA) is 41.0 Å². The molecular formula is C16H15BrN4. The molecule has 0 unspecified atom stereocenters. The number of hydrogen-bond donors (Lipinski definition) is 1. The van der Waals surface area contributed by atoms with Crippen molar-refractivity contribution >= 4 is 44.0 Å². The zero-order valence-corrected chi connectivity index (χ0v) is 13.4. The number of fused-ring (bicyclic) bond motifs is 1. The van der Waals surface area contributed by atoms with E-state index in [1.54, 1.807) is 12.4 Å². The Bertz CT molecular complexity index is 786. The van der Waals surface area contributed by atoms with Gasteiger partial charge in [0.25, 0.3) is 0 Å². The van der Waals surface area contributed by atoms with Crippen molar-refractivity contribution < 1.29 is 0 Å². The van der Waals surface area contributed by atoms with E-state index in [0.717, 1.165) is 32.6 Å². The van der Waals surface area contributed by atoms with Crippen molar-refractivity contribution in [3.63, 3.8) is 0 Å². The van der Waals surface area contributed by atoms with E-state index in [0.29, 0.717) is 0 Å². The fraction of sp³-hybridized carbons (Fsp3) is 0.125. The van der Waals surface area contributed by atoms with Crippen LogP contribution in [0, 0.1) is 0 Å². The van der Waals surface area contributed by atoms with Gasteiger partial charge in [-0.05, 0) is 40.2 Å². The number of para-hydroxylation sites is 2. The predicted octanol–water partition coefficient (Wildman–Crippen LogP) is 4.20. The van der Waals surface area contributed by atoms with E-state index < -0.39 is 0 Å². The van der Waals surface area contributed by atoms with Gasteiger partial charge in [0.1, 0.15) is 5.52 Å². The maximum absolute atomic E-state index is 4.47. The van der Waals surface area contributed by atoms with Gasteiger partial charge in [-0.15, -0.1) is 0 Å². The van der Waals surface area contributed by atoms with E-state index in [-0.39, 0.29) is 0 Å². The maximum atomic E-state index is 4.47. The van der Waals surface area contributed by atoms with E-state index in [1.165, 1.54) is 0 Å². The molecule has 2 heterocycles. The maximum Gasteiger partial charge on any atom is 0.112 e. The Morgan fingerprint density at radius 1 is 1.05 bits per heavy atom. The zero-order chi connectivity index (χ0) is 14.8. The number of nitrogens with one attached hydrogen (secondary N) is 1. The fourth-order valence-corrected chi connectivity index (χ4v) is 2.54. The number of anilines is 3. The van der Waals surface area contributed by atoms with E-state index >= 15 is 0 Å². The second-order valence-electron chi connectivity index (χ2n) is 4.92. The largest absolute Gasteiger partial charge is 0.376 e. The molecule has 0 atom stereocenters. The average Bonchev–Trinajstić information content (AvgIpc) is 2.47. The van der Waals surface area contributed by atoms with Gasteiger partial charge < -0.3 is 10.2 Å². The molecule has 0 fully saturated rings. The molecule has 2 aromatic heterocycles. The summed E-state index contributed by atoms with van der Waals surface area (Å²) in [5.74, 6) is 0. The number of rotatable bonds is 3. The molecule has 0 aliphatic rings. The third-order valence-corrected chi connectivity index (χ3v) is 3.63. The summed E-state index contributed by atoms with van der Waals surface area (Å²) in [7, 11) is 4.06. The number of nitrogens with zero attached hydrogens (tertiary/aromatic N) is 3.